The fourth-order valence-corrected chi connectivity index (χ4v) is 4.19. The minimum absolute atomic E-state index is 0.0817. The predicted molar refractivity (Wildman–Crippen MR) is 114 cm³/mol. The Morgan fingerprint density at radius 1 is 0.933 bits per heavy atom. The summed E-state index contributed by atoms with van der Waals surface area (Å²) in [6.45, 7) is 0. The second-order valence-electron chi connectivity index (χ2n) is 7.32. The van der Waals surface area contributed by atoms with Gasteiger partial charge in [-0.1, -0.05) is 0 Å². The number of rotatable bonds is 6. The van der Waals surface area contributed by atoms with Crippen molar-refractivity contribution in [2.24, 2.45) is 7.05 Å². The maximum Gasteiger partial charge on any atom is 0.268 e. The van der Waals surface area contributed by atoms with Crippen LogP contribution in [-0.2, 0) is 13.5 Å². The summed E-state index contributed by atoms with van der Waals surface area (Å²) in [6.07, 6.45) is 1.71. The average molecular weight is 410 g/mol. The number of aromatic nitrogens is 1. The van der Waals surface area contributed by atoms with Crippen LogP contribution in [-0.4, -0.2) is 38.9 Å². The number of methoxy groups -OCH3 is 4. The highest BCUT2D eigenvalue weighted by Gasteiger charge is 2.28. The van der Waals surface area contributed by atoms with Crippen LogP contribution in [0.1, 0.15) is 34.1 Å². The molecule has 0 saturated heterocycles. The number of nitrogens with one attached hydrogen (secondary N) is 1. The van der Waals surface area contributed by atoms with Crippen molar-refractivity contribution in [2.45, 2.75) is 18.9 Å². The number of amides is 1. The van der Waals surface area contributed by atoms with E-state index in [-0.39, 0.29) is 11.9 Å². The van der Waals surface area contributed by atoms with Gasteiger partial charge in [-0.25, -0.2) is 0 Å². The van der Waals surface area contributed by atoms with Gasteiger partial charge in [0.05, 0.1) is 40.0 Å². The molecule has 30 heavy (non-hydrogen) atoms. The molecular weight excluding hydrogens is 384 g/mol. The summed E-state index contributed by atoms with van der Waals surface area (Å²) < 4.78 is 23.6. The van der Waals surface area contributed by atoms with E-state index in [1.807, 2.05) is 41.9 Å². The van der Waals surface area contributed by atoms with E-state index in [2.05, 4.69) is 5.32 Å². The Kier molecular flexibility index (Phi) is 5.20. The van der Waals surface area contributed by atoms with Crippen LogP contribution >= 0.6 is 0 Å². The molecule has 3 aromatic rings. The van der Waals surface area contributed by atoms with E-state index in [0.29, 0.717) is 28.7 Å². The zero-order valence-corrected chi connectivity index (χ0v) is 17.9. The van der Waals surface area contributed by atoms with Gasteiger partial charge in [0.25, 0.3) is 5.91 Å². The zero-order chi connectivity index (χ0) is 21.4. The summed E-state index contributed by atoms with van der Waals surface area (Å²) in [6, 6.07) is 9.44. The lowest BCUT2D eigenvalue weighted by atomic mass is 10.1. The zero-order valence-electron chi connectivity index (χ0n) is 17.9. The normalized spacial score (nSPS) is 15.0. The Balaban J connectivity index is 1.66. The van der Waals surface area contributed by atoms with Crippen LogP contribution < -0.4 is 24.3 Å². The van der Waals surface area contributed by atoms with Crippen LogP contribution in [0.25, 0.3) is 10.9 Å². The van der Waals surface area contributed by atoms with E-state index in [1.165, 1.54) is 5.56 Å². The third-order valence-corrected chi connectivity index (χ3v) is 5.81. The van der Waals surface area contributed by atoms with Crippen molar-refractivity contribution in [3.8, 4) is 23.0 Å². The van der Waals surface area contributed by atoms with Gasteiger partial charge in [0.15, 0.2) is 11.5 Å². The van der Waals surface area contributed by atoms with Crippen LogP contribution in [0, 0.1) is 0 Å². The van der Waals surface area contributed by atoms with Gasteiger partial charge in [-0.05, 0) is 42.2 Å². The van der Waals surface area contributed by atoms with E-state index in [1.54, 1.807) is 28.4 Å². The van der Waals surface area contributed by atoms with Gasteiger partial charge in [-0.2, -0.15) is 0 Å². The molecule has 7 nitrogen and oxygen atoms in total. The number of carbonyl (C=O) groups is 1. The van der Waals surface area contributed by atoms with E-state index in [4.69, 9.17) is 18.9 Å². The molecule has 1 aliphatic rings. The SMILES string of the molecule is COc1cc(OC)c2cc(C(=O)N[C@H]3CCc4cc(OC)c(OC)cc43)n(C)c2c1. The van der Waals surface area contributed by atoms with E-state index >= 15 is 0 Å². The lowest BCUT2D eigenvalue weighted by molar-refractivity contribution is 0.0929. The summed E-state index contributed by atoms with van der Waals surface area (Å²) in [7, 11) is 8.33. The first-order valence-electron chi connectivity index (χ1n) is 9.77. The van der Waals surface area contributed by atoms with Gasteiger partial charge in [-0.15, -0.1) is 0 Å². The van der Waals surface area contributed by atoms with Crippen LogP contribution in [0.2, 0.25) is 0 Å². The van der Waals surface area contributed by atoms with Gasteiger partial charge in [-0.3, -0.25) is 4.79 Å². The lowest BCUT2D eigenvalue weighted by Crippen LogP contribution is -2.28. The van der Waals surface area contributed by atoms with Gasteiger partial charge < -0.3 is 28.8 Å². The van der Waals surface area contributed by atoms with Crippen molar-refractivity contribution in [3.05, 3.63) is 47.2 Å². The summed E-state index contributed by atoms with van der Waals surface area (Å²) in [5.74, 6) is 2.58. The maximum absolute atomic E-state index is 13.2. The Morgan fingerprint density at radius 3 is 2.30 bits per heavy atom. The molecular formula is C23H26N2O5. The molecule has 158 valence electrons. The van der Waals surface area contributed by atoms with Crippen LogP contribution in [0.5, 0.6) is 23.0 Å². The third kappa shape index (κ3) is 3.20. The van der Waals surface area contributed by atoms with Crippen LogP contribution in [0.4, 0.5) is 0 Å². The quantitative estimate of drug-likeness (QED) is 0.672. The monoisotopic (exact) mass is 410 g/mol. The minimum Gasteiger partial charge on any atom is -0.497 e. The smallest absolute Gasteiger partial charge is 0.268 e. The van der Waals surface area contributed by atoms with Gasteiger partial charge in [0.1, 0.15) is 17.2 Å². The second kappa shape index (κ2) is 7.82. The van der Waals surface area contributed by atoms with Gasteiger partial charge >= 0.3 is 0 Å². The van der Waals surface area contributed by atoms with Crippen molar-refractivity contribution >= 4 is 16.8 Å². The number of aryl methyl sites for hydroxylation is 2. The summed E-state index contributed by atoms with van der Waals surface area (Å²) in [5, 5.41) is 4.04. The molecule has 1 N–H and O–H groups in total. The van der Waals surface area contributed by atoms with Crippen molar-refractivity contribution in [1.29, 1.82) is 0 Å². The molecule has 1 amide bonds. The van der Waals surface area contributed by atoms with Crippen molar-refractivity contribution in [2.75, 3.05) is 28.4 Å². The number of carbonyl (C=O) groups excluding carboxylic acids is 1. The molecule has 0 aliphatic heterocycles. The van der Waals surface area contributed by atoms with Crippen molar-refractivity contribution < 1.29 is 23.7 Å². The first kappa shape index (κ1) is 19.9. The first-order valence-corrected chi connectivity index (χ1v) is 9.77. The molecule has 1 aliphatic carbocycles. The third-order valence-electron chi connectivity index (χ3n) is 5.81. The van der Waals surface area contributed by atoms with Crippen LogP contribution in [0.3, 0.4) is 0 Å². The molecule has 0 bridgehead atoms. The summed E-state index contributed by atoms with van der Waals surface area (Å²) in [5.41, 5.74) is 3.67. The maximum atomic E-state index is 13.2. The predicted octanol–water partition coefficient (Wildman–Crippen LogP) is 3.63. The van der Waals surface area contributed by atoms with Gasteiger partial charge in [0, 0.05) is 24.6 Å². The van der Waals surface area contributed by atoms with Gasteiger partial charge in [0.2, 0.25) is 0 Å². The number of benzene rings is 2. The highest BCUT2D eigenvalue weighted by molar-refractivity contribution is 6.01. The van der Waals surface area contributed by atoms with Crippen LogP contribution in [0.15, 0.2) is 30.3 Å². The van der Waals surface area contributed by atoms with E-state index in [9.17, 15) is 4.79 Å². The van der Waals surface area contributed by atoms with E-state index < -0.39 is 0 Å². The molecule has 0 fully saturated rings. The van der Waals surface area contributed by atoms with Crippen molar-refractivity contribution in [1.82, 2.24) is 9.88 Å². The molecule has 2 aromatic carbocycles. The molecule has 0 radical (unpaired) electrons. The summed E-state index contributed by atoms with van der Waals surface area (Å²) in [4.78, 5) is 13.2. The number of ether oxygens (including phenoxy) is 4. The fraction of sp³-hybridized carbons (Fsp3) is 0.348. The number of nitrogens with zero attached hydrogens (tertiary/aromatic N) is 1. The number of fused-ring (bicyclic) bond motifs is 2. The Labute approximate surface area is 175 Å². The summed E-state index contributed by atoms with van der Waals surface area (Å²) >= 11 is 0. The highest BCUT2D eigenvalue weighted by Crippen LogP contribution is 2.39. The second-order valence-corrected chi connectivity index (χ2v) is 7.32. The molecule has 0 unspecified atom stereocenters. The molecule has 0 saturated carbocycles. The standard InChI is InChI=1S/C23H26N2O5/c1-25-18-9-14(27-2)10-20(28-3)16(18)11-19(25)23(26)24-17-7-6-13-8-21(29-4)22(30-5)12-15(13)17/h8-12,17H,6-7H2,1-5H3,(H,24,26)/t17-/m0/s1. The number of hydrogen-bond acceptors (Lipinski definition) is 5. The molecule has 1 aromatic heterocycles. The van der Waals surface area contributed by atoms with Crippen molar-refractivity contribution in [3.63, 3.8) is 0 Å². The minimum atomic E-state index is -0.137. The molecule has 1 atom stereocenters. The lowest BCUT2D eigenvalue weighted by Gasteiger charge is -2.16. The van der Waals surface area contributed by atoms with E-state index in [0.717, 1.165) is 29.3 Å². The molecule has 1 heterocycles. The Hall–Kier alpha value is -3.35. The Morgan fingerprint density at radius 2 is 1.63 bits per heavy atom. The average Bonchev–Trinajstić information content (AvgIpc) is 3.32. The fourth-order valence-electron chi connectivity index (χ4n) is 4.19. The molecule has 0 spiro atoms. The highest BCUT2D eigenvalue weighted by atomic mass is 16.5. The Bertz CT molecular complexity index is 1120. The number of hydrogen-bond donors (Lipinski definition) is 1. The topological polar surface area (TPSA) is 71.0 Å². The molecule has 4 rings (SSSR count). The largest absolute Gasteiger partial charge is 0.497 e. The molecule has 7 heteroatoms. The first-order chi connectivity index (χ1) is 14.5.